The standard InChI is InChI=1S/C19H25N7O/c1-26-19(24-18(20)25-26)23-9-4-10-27-17-7-2-5-15(11-17)12-22-14-16-6-3-8-21-13-16/h2-3,5-8,11,13,22H,4,9-10,12,14H2,1H3,(H3,20,23,24,25). The zero-order valence-corrected chi connectivity index (χ0v) is 15.4. The van der Waals surface area contributed by atoms with Gasteiger partial charge in [0.25, 0.3) is 0 Å². The number of nitrogen functional groups attached to an aromatic ring is 1. The van der Waals surface area contributed by atoms with E-state index in [4.69, 9.17) is 10.5 Å². The highest BCUT2D eigenvalue weighted by Gasteiger charge is 2.03. The van der Waals surface area contributed by atoms with Gasteiger partial charge >= 0.3 is 0 Å². The van der Waals surface area contributed by atoms with Gasteiger partial charge in [0.15, 0.2) is 0 Å². The van der Waals surface area contributed by atoms with Gasteiger partial charge in [0.1, 0.15) is 5.75 Å². The Morgan fingerprint density at radius 1 is 1.15 bits per heavy atom. The maximum atomic E-state index is 5.84. The third kappa shape index (κ3) is 5.96. The first-order chi connectivity index (χ1) is 13.2. The van der Waals surface area contributed by atoms with Crippen LogP contribution in [0.3, 0.4) is 0 Å². The number of nitrogens with zero attached hydrogens (tertiary/aromatic N) is 4. The molecule has 8 heteroatoms. The minimum absolute atomic E-state index is 0.269. The molecule has 8 nitrogen and oxygen atoms in total. The van der Waals surface area contributed by atoms with Crippen molar-refractivity contribution in [3.63, 3.8) is 0 Å². The quantitative estimate of drug-likeness (QED) is 0.471. The summed E-state index contributed by atoms with van der Waals surface area (Å²) in [6, 6.07) is 12.1. The van der Waals surface area contributed by atoms with Gasteiger partial charge in [-0.1, -0.05) is 18.2 Å². The van der Waals surface area contributed by atoms with Gasteiger partial charge in [-0.05, 0) is 35.7 Å². The molecule has 0 amide bonds. The summed E-state index contributed by atoms with van der Waals surface area (Å²) in [5.41, 5.74) is 7.90. The molecule has 3 aromatic rings. The van der Waals surface area contributed by atoms with Crippen molar-refractivity contribution in [2.75, 3.05) is 24.2 Å². The van der Waals surface area contributed by atoms with Crippen LogP contribution in [0.2, 0.25) is 0 Å². The Labute approximate surface area is 158 Å². The van der Waals surface area contributed by atoms with Crippen LogP contribution in [0.5, 0.6) is 5.75 Å². The van der Waals surface area contributed by atoms with Gasteiger partial charge in [-0.3, -0.25) is 4.98 Å². The first kappa shape index (κ1) is 18.7. The van der Waals surface area contributed by atoms with Crippen LogP contribution in [-0.2, 0) is 20.1 Å². The van der Waals surface area contributed by atoms with Crippen LogP contribution in [0.25, 0.3) is 0 Å². The van der Waals surface area contributed by atoms with Crippen LogP contribution in [0, 0.1) is 0 Å². The van der Waals surface area contributed by atoms with Crippen LogP contribution in [0.15, 0.2) is 48.8 Å². The van der Waals surface area contributed by atoms with Crippen molar-refractivity contribution in [2.24, 2.45) is 7.05 Å². The van der Waals surface area contributed by atoms with Gasteiger partial charge < -0.3 is 21.1 Å². The van der Waals surface area contributed by atoms with Crippen molar-refractivity contribution in [1.82, 2.24) is 25.1 Å². The van der Waals surface area contributed by atoms with Gasteiger partial charge in [0, 0.05) is 39.1 Å². The molecule has 0 atom stereocenters. The Hall–Kier alpha value is -3.13. The minimum Gasteiger partial charge on any atom is -0.494 e. The highest BCUT2D eigenvalue weighted by atomic mass is 16.5. The van der Waals surface area contributed by atoms with Crippen LogP contribution >= 0.6 is 0 Å². The maximum Gasteiger partial charge on any atom is 0.241 e. The molecule has 0 radical (unpaired) electrons. The maximum absolute atomic E-state index is 5.84. The summed E-state index contributed by atoms with van der Waals surface area (Å²) in [6.07, 6.45) is 4.49. The minimum atomic E-state index is 0.269. The summed E-state index contributed by atoms with van der Waals surface area (Å²) in [5, 5.41) is 10.6. The molecule has 0 bridgehead atoms. The summed E-state index contributed by atoms with van der Waals surface area (Å²) in [5.74, 6) is 1.80. The summed E-state index contributed by atoms with van der Waals surface area (Å²) in [7, 11) is 1.80. The number of aryl methyl sites for hydroxylation is 1. The third-order valence-corrected chi connectivity index (χ3v) is 3.93. The van der Waals surface area contributed by atoms with Crippen molar-refractivity contribution in [2.45, 2.75) is 19.5 Å². The van der Waals surface area contributed by atoms with E-state index in [0.29, 0.717) is 12.6 Å². The summed E-state index contributed by atoms with van der Waals surface area (Å²) in [4.78, 5) is 8.21. The lowest BCUT2D eigenvalue weighted by atomic mass is 10.2. The lowest BCUT2D eigenvalue weighted by molar-refractivity contribution is 0.314. The molecule has 27 heavy (non-hydrogen) atoms. The second-order valence-electron chi connectivity index (χ2n) is 6.16. The zero-order valence-electron chi connectivity index (χ0n) is 15.4. The molecule has 0 spiro atoms. The van der Waals surface area contributed by atoms with E-state index in [-0.39, 0.29) is 5.95 Å². The highest BCUT2D eigenvalue weighted by molar-refractivity contribution is 5.31. The first-order valence-electron chi connectivity index (χ1n) is 8.92. The van der Waals surface area contributed by atoms with Gasteiger partial charge in [-0.25, -0.2) is 4.68 Å². The summed E-state index contributed by atoms with van der Waals surface area (Å²) < 4.78 is 7.46. The molecule has 0 saturated heterocycles. The monoisotopic (exact) mass is 367 g/mol. The average molecular weight is 367 g/mol. The number of pyridine rings is 1. The molecule has 0 aliphatic rings. The van der Waals surface area contributed by atoms with Crippen molar-refractivity contribution >= 4 is 11.9 Å². The number of ether oxygens (including phenoxy) is 1. The van der Waals surface area contributed by atoms with Gasteiger partial charge in [-0.15, -0.1) is 5.10 Å². The van der Waals surface area contributed by atoms with Gasteiger partial charge in [0.05, 0.1) is 6.61 Å². The van der Waals surface area contributed by atoms with E-state index in [1.807, 2.05) is 24.4 Å². The van der Waals surface area contributed by atoms with E-state index in [1.165, 1.54) is 11.1 Å². The summed E-state index contributed by atoms with van der Waals surface area (Å²) in [6.45, 7) is 2.92. The first-order valence-corrected chi connectivity index (χ1v) is 8.92. The molecule has 0 unspecified atom stereocenters. The Morgan fingerprint density at radius 3 is 2.78 bits per heavy atom. The van der Waals surface area contributed by atoms with E-state index in [1.54, 1.807) is 17.9 Å². The van der Waals surface area contributed by atoms with Crippen LogP contribution in [0.1, 0.15) is 17.5 Å². The highest BCUT2D eigenvalue weighted by Crippen LogP contribution is 2.14. The number of hydrogen-bond donors (Lipinski definition) is 3. The third-order valence-electron chi connectivity index (χ3n) is 3.93. The van der Waals surface area contributed by atoms with E-state index >= 15 is 0 Å². The molecular formula is C19H25N7O. The second-order valence-corrected chi connectivity index (χ2v) is 6.16. The molecule has 4 N–H and O–H groups in total. The largest absolute Gasteiger partial charge is 0.494 e. The van der Waals surface area contributed by atoms with Crippen molar-refractivity contribution < 1.29 is 4.74 Å². The predicted molar refractivity (Wildman–Crippen MR) is 105 cm³/mol. The normalized spacial score (nSPS) is 10.7. The molecule has 1 aromatic carbocycles. The van der Waals surface area contributed by atoms with E-state index in [0.717, 1.165) is 31.8 Å². The van der Waals surface area contributed by atoms with Crippen LogP contribution in [-0.4, -0.2) is 32.9 Å². The fourth-order valence-corrected chi connectivity index (χ4v) is 2.62. The molecule has 2 heterocycles. The number of hydrogen-bond acceptors (Lipinski definition) is 7. The van der Waals surface area contributed by atoms with Crippen LogP contribution in [0.4, 0.5) is 11.9 Å². The average Bonchev–Trinajstić information content (AvgIpc) is 3.00. The molecule has 0 fully saturated rings. The molecule has 142 valence electrons. The lowest BCUT2D eigenvalue weighted by Crippen LogP contribution is -2.13. The number of aromatic nitrogens is 4. The molecule has 0 saturated carbocycles. The van der Waals surface area contributed by atoms with Gasteiger partial charge in [0.2, 0.25) is 11.9 Å². The number of benzene rings is 1. The van der Waals surface area contributed by atoms with Crippen molar-refractivity contribution in [3.8, 4) is 5.75 Å². The summed E-state index contributed by atoms with van der Waals surface area (Å²) >= 11 is 0. The SMILES string of the molecule is Cn1nc(N)nc1NCCCOc1cccc(CNCc2cccnc2)c1. The predicted octanol–water partition coefficient (Wildman–Crippen LogP) is 1.96. The van der Waals surface area contributed by atoms with E-state index in [9.17, 15) is 0 Å². The Morgan fingerprint density at radius 2 is 2.00 bits per heavy atom. The van der Waals surface area contributed by atoms with Gasteiger partial charge in [-0.2, -0.15) is 4.98 Å². The number of anilines is 2. The fourth-order valence-electron chi connectivity index (χ4n) is 2.62. The van der Waals surface area contributed by atoms with Crippen molar-refractivity contribution in [1.29, 1.82) is 0 Å². The fraction of sp³-hybridized carbons (Fsp3) is 0.316. The topological polar surface area (TPSA) is 103 Å². The Bertz CT molecular complexity index is 835. The zero-order chi connectivity index (χ0) is 18.9. The molecule has 0 aliphatic carbocycles. The molecule has 2 aromatic heterocycles. The lowest BCUT2D eigenvalue weighted by Gasteiger charge is -2.10. The number of nitrogens with one attached hydrogen (secondary N) is 2. The molecular weight excluding hydrogens is 342 g/mol. The number of rotatable bonds is 10. The van der Waals surface area contributed by atoms with Crippen LogP contribution < -0.4 is 21.1 Å². The second kappa shape index (κ2) is 9.54. The number of nitrogens with two attached hydrogens (primary N) is 1. The Kier molecular flexibility index (Phi) is 6.59. The smallest absolute Gasteiger partial charge is 0.241 e. The van der Waals surface area contributed by atoms with E-state index < -0.39 is 0 Å². The molecule has 3 rings (SSSR count). The van der Waals surface area contributed by atoms with E-state index in [2.05, 4.69) is 43.9 Å². The molecule has 0 aliphatic heterocycles. The Balaban J connectivity index is 1.36. The van der Waals surface area contributed by atoms with Crippen molar-refractivity contribution in [3.05, 3.63) is 59.9 Å².